The average molecular weight is 478 g/mol. The Morgan fingerprint density at radius 3 is 2.25 bits per heavy atom. The Morgan fingerprint density at radius 1 is 0.806 bits per heavy atom. The summed E-state index contributed by atoms with van der Waals surface area (Å²) in [4.78, 5) is 29.3. The summed E-state index contributed by atoms with van der Waals surface area (Å²) in [6, 6.07) is 16.6. The molecule has 2 aromatic rings. The van der Waals surface area contributed by atoms with E-state index < -0.39 is 11.6 Å². The number of hydrogen-bond acceptors (Lipinski definition) is 4. The van der Waals surface area contributed by atoms with Gasteiger partial charge in [-0.1, -0.05) is 50.2 Å². The fraction of sp³-hybridized carbons (Fsp3) is 0.323. The fourth-order valence-electron chi connectivity index (χ4n) is 7.49. The van der Waals surface area contributed by atoms with Crippen LogP contribution in [0.1, 0.15) is 51.7 Å². The van der Waals surface area contributed by atoms with Gasteiger partial charge in [-0.15, -0.1) is 0 Å². The number of ketones is 2. The summed E-state index contributed by atoms with van der Waals surface area (Å²) in [6.45, 7) is 10.1. The van der Waals surface area contributed by atoms with Gasteiger partial charge < -0.3 is 10.0 Å². The van der Waals surface area contributed by atoms with E-state index in [0.29, 0.717) is 12.8 Å². The first kappa shape index (κ1) is 21.5. The number of Topliss-reactive ketones (excluding diaryl/α,β-unsaturated/α-hetero) is 2. The molecule has 5 aliphatic rings. The molecule has 4 aliphatic heterocycles. The summed E-state index contributed by atoms with van der Waals surface area (Å²) in [7, 11) is 0. The van der Waals surface area contributed by atoms with Crippen molar-refractivity contribution in [3.8, 4) is 0 Å². The van der Waals surface area contributed by atoms with Crippen molar-refractivity contribution in [1.82, 2.24) is 0 Å². The Hall–Kier alpha value is -3.73. The largest absolute Gasteiger partial charge is 0.506 e. The lowest BCUT2D eigenvalue weighted by Crippen LogP contribution is -2.29. The van der Waals surface area contributed by atoms with Crippen molar-refractivity contribution in [2.24, 2.45) is 0 Å². The number of aliphatic hydroxyl groups excluding tert-OH is 1. The number of hydrogen-bond donors (Lipinski definition) is 1. The van der Waals surface area contributed by atoms with Gasteiger partial charge in [0, 0.05) is 47.0 Å². The van der Waals surface area contributed by atoms with Crippen LogP contribution in [-0.2, 0) is 20.4 Å². The summed E-state index contributed by atoms with van der Waals surface area (Å²) in [5.41, 5.74) is 8.21. The van der Waals surface area contributed by atoms with Crippen molar-refractivity contribution in [1.29, 1.82) is 0 Å². The molecule has 0 unspecified atom stereocenters. The smallest absolute Gasteiger partial charge is 0.237 e. The number of anilines is 1. The van der Waals surface area contributed by atoms with E-state index in [0.717, 1.165) is 47.0 Å². The zero-order valence-electron chi connectivity index (χ0n) is 21.1. The predicted molar refractivity (Wildman–Crippen MR) is 139 cm³/mol. The van der Waals surface area contributed by atoms with Gasteiger partial charge in [0.1, 0.15) is 5.76 Å². The summed E-state index contributed by atoms with van der Waals surface area (Å²) in [5, 5.41) is 11.6. The van der Waals surface area contributed by atoms with Gasteiger partial charge in [0.2, 0.25) is 17.3 Å². The van der Waals surface area contributed by atoms with Crippen molar-refractivity contribution in [3.05, 3.63) is 93.4 Å². The number of nitrogens with zero attached hydrogens (tertiary/aromatic N) is 2. The SMILES string of the molecule is CC1(C)C2=C(C3=C(O)/C(=C4/CC[N+]5=C4C(C)(C)c4ccccc45)C(=O)C3=O)CCN2c2ccccc21. The molecular weight excluding hydrogens is 448 g/mol. The van der Waals surface area contributed by atoms with Crippen LogP contribution in [0, 0.1) is 0 Å². The average Bonchev–Trinajstić information content (AvgIpc) is 3.61. The lowest BCUT2D eigenvalue weighted by atomic mass is 9.77. The maximum Gasteiger partial charge on any atom is 0.237 e. The van der Waals surface area contributed by atoms with E-state index in [9.17, 15) is 14.7 Å². The number of carbonyl (C=O) groups is 2. The molecule has 0 aromatic heterocycles. The molecule has 5 nitrogen and oxygen atoms in total. The first-order valence-corrected chi connectivity index (χ1v) is 12.8. The molecule has 5 heteroatoms. The molecule has 0 saturated carbocycles. The van der Waals surface area contributed by atoms with Crippen LogP contribution in [0.25, 0.3) is 0 Å². The van der Waals surface area contributed by atoms with Crippen LogP contribution in [-0.4, -0.2) is 40.0 Å². The van der Waals surface area contributed by atoms with Crippen molar-refractivity contribution < 1.29 is 19.3 Å². The number of fused-ring (bicyclic) bond motifs is 5. The normalized spacial score (nSPS) is 25.3. The van der Waals surface area contributed by atoms with Crippen molar-refractivity contribution in [2.75, 3.05) is 18.0 Å². The minimum atomic E-state index is -0.571. The van der Waals surface area contributed by atoms with Crippen LogP contribution in [0.3, 0.4) is 0 Å². The second-order valence-electron chi connectivity index (χ2n) is 11.5. The first-order valence-electron chi connectivity index (χ1n) is 12.8. The molecule has 0 saturated heterocycles. The van der Waals surface area contributed by atoms with E-state index in [1.54, 1.807) is 0 Å². The summed E-state index contributed by atoms with van der Waals surface area (Å²) in [5.74, 6) is -1.27. The van der Waals surface area contributed by atoms with E-state index in [1.807, 2.05) is 24.3 Å². The van der Waals surface area contributed by atoms with Gasteiger partial charge in [-0.3, -0.25) is 9.59 Å². The number of aliphatic hydroxyl groups is 1. The molecule has 1 aliphatic carbocycles. The van der Waals surface area contributed by atoms with E-state index in [4.69, 9.17) is 0 Å². The van der Waals surface area contributed by atoms with Crippen LogP contribution in [0.4, 0.5) is 11.4 Å². The third-order valence-corrected chi connectivity index (χ3v) is 8.94. The standard InChI is InChI=1S/C31H28N2O3/c1-30(2)19-9-5-7-11-21(19)32-15-13-17(28(30)32)23-25(34)24(27(36)26(23)35)18-14-16-33-22-12-8-6-10-20(22)31(3,4)29(18)33/h5-12H,13-16H2,1-4H3/p+1. The minimum absolute atomic E-state index is 0.128. The van der Waals surface area contributed by atoms with E-state index >= 15 is 0 Å². The summed E-state index contributed by atoms with van der Waals surface area (Å²) < 4.78 is 2.26. The molecule has 0 spiro atoms. The first-order chi connectivity index (χ1) is 17.2. The maximum atomic E-state index is 13.5. The molecule has 0 radical (unpaired) electrons. The summed E-state index contributed by atoms with van der Waals surface area (Å²) in [6.07, 6.45) is 1.27. The van der Waals surface area contributed by atoms with Crippen molar-refractivity contribution in [3.63, 3.8) is 0 Å². The van der Waals surface area contributed by atoms with Crippen LogP contribution in [0.5, 0.6) is 0 Å². The topological polar surface area (TPSA) is 60.6 Å². The highest BCUT2D eigenvalue weighted by Gasteiger charge is 2.54. The van der Waals surface area contributed by atoms with Crippen LogP contribution in [0.15, 0.2) is 82.3 Å². The molecule has 2 aromatic carbocycles. The van der Waals surface area contributed by atoms with Gasteiger partial charge in [-0.2, -0.15) is 4.58 Å². The van der Waals surface area contributed by atoms with Crippen molar-refractivity contribution in [2.45, 2.75) is 51.4 Å². The van der Waals surface area contributed by atoms with Crippen LogP contribution < -0.4 is 4.90 Å². The van der Waals surface area contributed by atoms with Crippen molar-refractivity contribution >= 4 is 28.7 Å². The number of para-hydroxylation sites is 2. The Morgan fingerprint density at radius 2 is 1.47 bits per heavy atom. The zero-order chi connectivity index (χ0) is 25.1. The van der Waals surface area contributed by atoms with Gasteiger partial charge >= 0.3 is 0 Å². The Labute approximate surface area is 210 Å². The Kier molecular flexibility index (Phi) is 4.02. The lowest BCUT2D eigenvalue weighted by Gasteiger charge is -2.24. The van der Waals surface area contributed by atoms with Gasteiger partial charge in [0.15, 0.2) is 12.3 Å². The van der Waals surface area contributed by atoms with E-state index in [1.165, 1.54) is 11.1 Å². The quantitative estimate of drug-likeness (QED) is 0.349. The van der Waals surface area contributed by atoms with Gasteiger partial charge in [0.25, 0.3) is 0 Å². The third kappa shape index (κ3) is 2.39. The molecule has 7 rings (SSSR count). The molecule has 1 N–H and O–H groups in total. The second-order valence-corrected chi connectivity index (χ2v) is 11.5. The third-order valence-electron chi connectivity index (χ3n) is 8.94. The Balaban J connectivity index is 1.43. The highest BCUT2D eigenvalue weighted by atomic mass is 16.3. The van der Waals surface area contributed by atoms with E-state index in [2.05, 4.69) is 61.4 Å². The van der Waals surface area contributed by atoms with Crippen LogP contribution in [0.2, 0.25) is 0 Å². The number of carbonyl (C=O) groups excluding carboxylic acids is 2. The molecule has 0 bridgehead atoms. The van der Waals surface area contributed by atoms with Gasteiger partial charge in [-0.05, 0) is 37.5 Å². The Bertz CT molecular complexity index is 1580. The molecule has 180 valence electrons. The van der Waals surface area contributed by atoms with Gasteiger partial charge in [-0.25, -0.2) is 0 Å². The number of allylic oxidation sites excluding steroid dienone is 3. The second kappa shape index (κ2) is 6.73. The van der Waals surface area contributed by atoms with E-state index in [-0.39, 0.29) is 27.7 Å². The maximum absolute atomic E-state index is 13.5. The molecule has 0 fully saturated rings. The highest BCUT2D eigenvalue weighted by Crippen LogP contribution is 2.54. The molecule has 0 amide bonds. The number of benzene rings is 2. The number of rotatable bonds is 1. The molecule has 0 atom stereocenters. The fourth-order valence-corrected chi connectivity index (χ4v) is 7.49. The molecule has 4 heterocycles. The lowest BCUT2D eigenvalue weighted by molar-refractivity contribution is -0.428. The monoisotopic (exact) mass is 477 g/mol. The zero-order valence-corrected chi connectivity index (χ0v) is 21.1. The summed E-state index contributed by atoms with van der Waals surface area (Å²) >= 11 is 0. The van der Waals surface area contributed by atoms with Gasteiger partial charge in [0.05, 0.1) is 16.6 Å². The van der Waals surface area contributed by atoms with Crippen LogP contribution >= 0.6 is 0 Å². The predicted octanol–water partition coefficient (Wildman–Crippen LogP) is 5.18. The molecule has 36 heavy (non-hydrogen) atoms. The molecular formula is C31H29N2O3+. The minimum Gasteiger partial charge on any atom is -0.506 e. The highest BCUT2D eigenvalue weighted by molar-refractivity contribution is 6.55.